The summed E-state index contributed by atoms with van der Waals surface area (Å²) in [5.41, 5.74) is 7.10. The van der Waals surface area contributed by atoms with Crippen molar-refractivity contribution in [1.29, 1.82) is 0 Å². The summed E-state index contributed by atoms with van der Waals surface area (Å²) < 4.78 is 6.32. The zero-order valence-electron chi connectivity index (χ0n) is 16.1. The molecule has 0 saturated carbocycles. The first-order chi connectivity index (χ1) is 14.9. The molecule has 0 amide bonds. The van der Waals surface area contributed by atoms with Crippen molar-refractivity contribution in [3.8, 4) is 11.4 Å². The first-order valence-electron chi connectivity index (χ1n) is 8.97. The number of aliphatic hydroxyl groups excluding tert-OH is 1. The van der Waals surface area contributed by atoms with Gasteiger partial charge in [0.2, 0.25) is 5.95 Å². The zero-order valence-corrected chi connectivity index (χ0v) is 17.6. The third-order valence-electron chi connectivity index (χ3n) is 4.55. The van der Waals surface area contributed by atoms with Crippen LogP contribution in [0, 0.1) is 0 Å². The van der Waals surface area contributed by atoms with Gasteiger partial charge in [0.15, 0.2) is 5.65 Å². The number of nitrogen functional groups attached to an aromatic ring is 1. The molecule has 11 heteroatoms. The predicted octanol–water partition coefficient (Wildman–Crippen LogP) is 3.31. The normalized spacial score (nSPS) is 11.0. The second-order valence-corrected chi connectivity index (χ2v) is 7.24. The van der Waals surface area contributed by atoms with Crippen LogP contribution in [0.1, 0.15) is 5.56 Å². The van der Waals surface area contributed by atoms with Crippen molar-refractivity contribution in [3.63, 3.8) is 0 Å². The zero-order chi connectivity index (χ0) is 22.1. The minimum Gasteiger partial charge on any atom is -0.496 e. The fourth-order valence-electron chi connectivity index (χ4n) is 3.09. The van der Waals surface area contributed by atoms with Crippen LogP contribution in [0.5, 0.6) is 5.75 Å². The Morgan fingerprint density at radius 3 is 2.61 bits per heavy atom. The maximum Gasteiger partial charge on any atom is 0.355 e. The predicted molar refractivity (Wildman–Crippen MR) is 120 cm³/mol. The minimum absolute atomic E-state index is 0.0589. The summed E-state index contributed by atoms with van der Waals surface area (Å²) in [5, 5.41) is 13.3. The molecule has 0 aliphatic rings. The quantitative estimate of drug-likeness (QED) is 0.415. The second kappa shape index (κ2) is 8.38. The molecule has 2 aromatic carbocycles. The highest BCUT2D eigenvalue weighted by atomic mass is 35.5. The summed E-state index contributed by atoms with van der Waals surface area (Å²) in [7, 11) is 1.52. The number of aliphatic hydroxyl groups is 1. The molecule has 0 radical (unpaired) electrons. The number of aromatic nitrogens is 4. The van der Waals surface area contributed by atoms with E-state index in [0.717, 1.165) is 4.57 Å². The molecule has 0 aliphatic heterocycles. The van der Waals surface area contributed by atoms with Gasteiger partial charge in [-0.25, -0.2) is 14.3 Å². The van der Waals surface area contributed by atoms with Gasteiger partial charge in [-0.2, -0.15) is 9.97 Å². The highest BCUT2D eigenvalue weighted by Gasteiger charge is 2.17. The van der Waals surface area contributed by atoms with Crippen molar-refractivity contribution < 1.29 is 9.84 Å². The van der Waals surface area contributed by atoms with Gasteiger partial charge in [0.05, 0.1) is 34.8 Å². The highest BCUT2D eigenvalue weighted by molar-refractivity contribution is 6.37. The summed E-state index contributed by atoms with van der Waals surface area (Å²) in [6.45, 7) is -0.195. The molecule has 0 atom stereocenters. The summed E-state index contributed by atoms with van der Waals surface area (Å²) in [5.74, 6) is 0.811. The lowest BCUT2D eigenvalue weighted by Crippen LogP contribution is -2.25. The van der Waals surface area contributed by atoms with E-state index < -0.39 is 5.69 Å². The topological polar surface area (TPSA) is 128 Å². The van der Waals surface area contributed by atoms with Crippen molar-refractivity contribution in [3.05, 3.63) is 68.7 Å². The standard InChI is InChI=1S/C20H16Cl2N6O3/c1-31-15-6-5-11(7-10(15)9-29)25-19-24-8-12-17(23)28(20(30)27-18(12)26-19)16-13(21)3-2-4-14(16)22/h2-8,29H,9,23H2,1H3,(H,25,26,27,30). The SMILES string of the molecule is COc1ccc(Nc2ncc3c(N)n(-c4c(Cl)cccc4Cl)c(=O)nc3n2)cc1CO. The van der Waals surface area contributed by atoms with Crippen LogP contribution in [0.2, 0.25) is 10.0 Å². The number of benzene rings is 2. The van der Waals surface area contributed by atoms with E-state index in [4.69, 9.17) is 33.7 Å². The van der Waals surface area contributed by atoms with Crippen LogP contribution in [0.4, 0.5) is 17.5 Å². The van der Waals surface area contributed by atoms with Gasteiger partial charge < -0.3 is 20.9 Å². The molecule has 0 bridgehead atoms. The smallest absolute Gasteiger partial charge is 0.355 e. The Balaban J connectivity index is 1.77. The van der Waals surface area contributed by atoms with Gasteiger partial charge in [-0.1, -0.05) is 29.3 Å². The molecule has 9 nitrogen and oxygen atoms in total. The second-order valence-electron chi connectivity index (χ2n) is 6.43. The number of hydrogen-bond acceptors (Lipinski definition) is 8. The Hall–Kier alpha value is -3.40. The maximum atomic E-state index is 12.7. The van der Waals surface area contributed by atoms with Gasteiger partial charge in [-0.15, -0.1) is 0 Å². The molecule has 0 fully saturated rings. The summed E-state index contributed by atoms with van der Waals surface area (Å²) in [6, 6.07) is 10.00. The maximum absolute atomic E-state index is 12.7. The number of nitrogens with zero attached hydrogens (tertiary/aromatic N) is 4. The Morgan fingerprint density at radius 2 is 1.94 bits per heavy atom. The average Bonchev–Trinajstić information content (AvgIpc) is 2.75. The summed E-state index contributed by atoms with van der Waals surface area (Å²) >= 11 is 12.5. The van der Waals surface area contributed by atoms with Crippen LogP contribution in [-0.4, -0.2) is 31.7 Å². The fourth-order valence-corrected chi connectivity index (χ4v) is 3.66. The van der Waals surface area contributed by atoms with Crippen LogP contribution < -0.4 is 21.5 Å². The molecular formula is C20H16Cl2N6O3. The number of hydrogen-bond donors (Lipinski definition) is 3. The van der Waals surface area contributed by atoms with E-state index >= 15 is 0 Å². The molecule has 2 aromatic heterocycles. The number of nitrogens with two attached hydrogens (primary N) is 1. The summed E-state index contributed by atoms with van der Waals surface area (Å²) in [4.78, 5) is 25.3. The molecule has 0 unspecified atom stereocenters. The minimum atomic E-state index is -0.684. The van der Waals surface area contributed by atoms with E-state index in [2.05, 4.69) is 20.3 Å². The van der Waals surface area contributed by atoms with E-state index in [1.54, 1.807) is 36.4 Å². The first kappa shape index (κ1) is 20.9. The number of fused-ring (bicyclic) bond motifs is 1. The molecule has 2 heterocycles. The molecule has 4 rings (SSSR count). The molecule has 0 aliphatic carbocycles. The van der Waals surface area contributed by atoms with Crippen molar-refractivity contribution in [1.82, 2.24) is 19.5 Å². The van der Waals surface area contributed by atoms with Crippen molar-refractivity contribution in [2.24, 2.45) is 0 Å². The molecule has 0 saturated heterocycles. The molecule has 31 heavy (non-hydrogen) atoms. The van der Waals surface area contributed by atoms with Gasteiger partial charge in [-0.3, -0.25) is 0 Å². The average molecular weight is 459 g/mol. The van der Waals surface area contributed by atoms with Crippen LogP contribution in [0.25, 0.3) is 16.7 Å². The van der Waals surface area contributed by atoms with Gasteiger partial charge >= 0.3 is 5.69 Å². The molecule has 4 N–H and O–H groups in total. The fraction of sp³-hybridized carbons (Fsp3) is 0.100. The van der Waals surface area contributed by atoms with Gasteiger partial charge in [-0.05, 0) is 30.3 Å². The van der Waals surface area contributed by atoms with E-state index in [-0.39, 0.29) is 39.8 Å². The Bertz CT molecular complexity index is 1340. The molecule has 0 spiro atoms. The number of nitrogens with one attached hydrogen (secondary N) is 1. The van der Waals surface area contributed by atoms with Crippen molar-refractivity contribution in [2.75, 3.05) is 18.2 Å². The lowest BCUT2D eigenvalue weighted by atomic mass is 10.2. The lowest BCUT2D eigenvalue weighted by molar-refractivity contribution is 0.274. The number of halogens is 2. The Labute approximate surface area is 186 Å². The number of anilines is 3. The van der Waals surface area contributed by atoms with E-state index in [1.165, 1.54) is 13.3 Å². The van der Waals surface area contributed by atoms with Crippen LogP contribution >= 0.6 is 23.2 Å². The van der Waals surface area contributed by atoms with E-state index in [0.29, 0.717) is 22.4 Å². The van der Waals surface area contributed by atoms with E-state index in [9.17, 15) is 9.90 Å². The van der Waals surface area contributed by atoms with Crippen LogP contribution in [0.3, 0.4) is 0 Å². The van der Waals surface area contributed by atoms with E-state index in [1.807, 2.05) is 0 Å². The Morgan fingerprint density at radius 1 is 1.19 bits per heavy atom. The molecular weight excluding hydrogens is 443 g/mol. The van der Waals surface area contributed by atoms with Gasteiger partial charge in [0.25, 0.3) is 0 Å². The first-order valence-corrected chi connectivity index (χ1v) is 9.73. The molecule has 4 aromatic rings. The molecule has 158 valence electrons. The Kier molecular flexibility index (Phi) is 5.64. The van der Waals surface area contributed by atoms with Crippen LogP contribution in [-0.2, 0) is 6.61 Å². The number of ether oxygens (including phenoxy) is 1. The van der Waals surface area contributed by atoms with Crippen LogP contribution in [0.15, 0.2) is 47.4 Å². The number of methoxy groups -OCH3 is 1. The monoisotopic (exact) mass is 458 g/mol. The third-order valence-corrected chi connectivity index (χ3v) is 5.16. The number of para-hydroxylation sites is 1. The van der Waals surface area contributed by atoms with Gasteiger partial charge in [0, 0.05) is 17.4 Å². The van der Waals surface area contributed by atoms with Crippen molar-refractivity contribution >= 4 is 51.7 Å². The largest absolute Gasteiger partial charge is 0.496 e. The van der Waals surface area contributed by atoms with Gasteiger partial charge in [0.1, 0.15) is 11.6 Å². The summed E-state index contributed by atoms with van der Waals surface area (Å²) in [6.07, 6.45) is 1.45. The van der Waals surface area contributed by atoms with Crippen molar-refractivity contribution in [2.45, 2.75) is 6.61 Å². The highest BCUT2D eigenvalue weighted by Crippen LogP contribution is 2.30. The third kappa shape index (κ3) is 3.86. The number of rotatable bonds is 5. The lowest BCUT2D eigenvalue weighted by Gasteiger charge is -2.14.